The second-order valence-corrected chi connectivity index (χ2v) is 8.35. The Labute approximate surface area is 157 Å². The van der Waals surface area contributed by atoms with Gasteiger partial charge < -0.3 is 9.26 Å². The molecule has 1 aromatic carbocycles. The summed E-state index contributed by atoms with van der Waals surface area (Å²) in [6.07, 6.45) is 3.76. The highest BCUT2D eigenvalue weighted by Gasteiger charge is 2.32. The number of pyridine rings is 1. The van der Waals surface area contributed by atoms with Crippen molar-refractivity contribution in [3.05, 3.63) is 71.4 Å². The maximum Gasteiger partial charge on any atom is 0.243 e. The van der Waals surface area contributed by atoms with E-state index in [1.54, 1.807) is 48.8 Å². The summed E-state index contributed by atoms with van der Waals surface area (Å²) in [6, 6.07) is 10.5. The summed E-state index contributed by atoms with van der Waals surface area (Å²) in [7, 11) is -3.57. The number of rotatable bonds is 5. The van der Waals surface area contributed by atoms with E-state index in [9.17, 15) is 8.42 Å². The lowest BCUT2D eigenvalue weighted by Gasteiger charge is -2.25. The van der Waals surface area contributed by atoms with Crippen LogP contribution in [0.2, 0.25) is 0 Å². The molecule has 0 atom stereocenters. The van der Waals surface area contributed by atoms with Crippen LogP contribution in [0.5, 0.6) is 5.75 Å². The predicted octanol–water partition coefficient (Wildman–Crippen LogP) is 2.70. The molecule has 0 bridgehead atoms. The van der Waals surface area contributed by atoms with Crippen LogP contribution in [0.25, 0.3) is 0 Å². The molecule has 1 aliphatic heterocycles. The molecular formula is C19H19N3O4S. The predicted molar refractivity (Wildman–Crippen MR) is 97.6 cm³/mol. The van der Waals surface area contributed by atoms with Gasteiger partial charge in [0.2, 0.25) is 10.0 Å². The number of hydrogen-bond acceptors (Lipinski definition) is 6. The van der Waals surface area contributed by atoms with Crippen molar-refractivity contribution >= 4 is 10.0 Å². The number of ether oxygens (including phenoxy) is 1. The highest BCUT2D eigenvalue weighted by atomic mass is 32.2. The summed E-state index contributed by atoms with van der Waals surface area (Å²) in [5, 5.41) is 4.07. The monoisotopic (exact) mass is 385 g/mol. The summed E-state index contributed by atoms with van der Waals surface area (Å²) < 4.78 is 38.4. The molecule has 3 aromatic rings. The summed E-state index contributed by atoms with van der Waals surface area (Å²) in [6.45, 7) is 2.71. The average molecular weight is 385 g/mol. The molecule has 0 spiro atoms. The summed E-state index contributed by atoms with van der Waals surface area (Å²) >= 11 is 0. The Kier molecular flexibility index (Phi) is 4.67. The number of aromatic nitrogens is 2. The van der Waals surface area contributed by atoms with Crippen LogP contribution in [0.1, 0.15) is 22.6 Å². The van der Waals surface area contributed by atoms with Crippen molar-refractivity contribution in [1.29, 1.82) is 0 Å². The smallest absolute Gasteiger partial charge is 0.243 e. The maximum absolute atomic E-state index is 13.0. The standard InChI is InChI=1S/C19H19N3O4S/c1-14-4-6-16(7-5-14)27(23,24)22-10-8-19-17(12-22)18(21-26-19)13-25-15-3-2-9-20-11-15/h2-7,9,11H,8,10,12-13H2,1H3. The van der Waals surface area contributed by atoms with E-state index in [0.29, 0.717) is 29.3 Å². The average Bonchev–Trinajstić information content (AvgIpc) is 3.10. The van der Waals surface area contributed by atoms with Crippen molar-refractivity contribution in [2.24, 2.45) is 0 Å². The van der Waals surface area contributed by atoms with Crippen LogP contribution in [0.15, 0.2) is 58.2 Å². The van der Waals surface area contributed by atoms with E-state index >= 15 is 0 Å². The zero-order valence-electron chi connectivity index (χ0n) is 14.8. The Morgan fingerprint density at radius 1 is 1.22 bits per heavy atom. The Morgan fingerprint density at radius 2 is 2.04 bits per heavy atom. The van der Waals surface area contributed by atoms with Crippen molar-refractivity contribution in [2.75, 3.05) is 6.54 Å². The van der Waals surface area contributed by atoms with Crippen molar-refractivity contribution in [3.63, 3.8) is 0 Å². The molecule has 0 radical (unpaired) electrons. The van der Waals surface area contributed by atoms with Gasteiger partial charge in [-0.1, -0.05) is 22.9 Å². The van der Waals surface area contributed by atoms with Crippen molar-refractivity contribution in [1.82, 2.24) is 14.4 Å². The minimum atomic E-state index is -3.57. The Hall–Kier alpha value is -2.71. The minimum Gasteiger partial charge on any atom is -0.486 e. The number of fused-ring (bicyclic) bond motifs is 1. The van der Waals surface area contributed by atoms with Gasteiger partial charge in [0, 0.05) is 31.3 Å². The van der Waals surface area contributed by atoms with Crippen LogP contribution in [0.4, 0.5) is 0 Å². The van der Waals surface area contributed by atoms with E-state index < -0.39 is 10.0 Å². The molecule has 0 aliphatic carbocycles. The Balaban J connectivity index is 1.54. The first kappa shape index (κ1) is 17.7. The first-order valence-electron chi connectivity index (χ1n) is 8.60. The second kappa shape index (κ2) is 7.13. The lowest BCUT2D eigenvalue weighted by molar-refractivity contribution is 0.286. The number of aryl methyl sites for hydroxylation is 1. The topological polar surface area (TPSA) is 85.5 Å². The van der Waals surface area contributed by atoms with Gasteiger partial charge in [-0.25, -0.2) is 8.42 Å². The van der Waals surface area contributed by atoms with Gasteiger partial charge in [-0.2, -0.15) is 4.31 Å². The minimum absolute atomic E-state index is 0.197. The Bertz CT molecular complexity index is 1030. The maximum atomic E-state index is 13.0. The molecule has 0 N–H and O–H groups in total. The fourth-order valence-electron chi connectivity index (χ4n) is 3.00. The molecule has 0 unspecified atom stereocenters. The third-order valence-electron chi connectivity index (χ3n) is 4.54. The first-order valence-corrected chi connectivity index (χ1v) is 10.0. The van der Waals surface area contributed by atoms with Gasteiger partial charge in [0.25, 0.3) is 0 Å². The molecule has 2 aromatic heterocycles. The molecule has 0 saturated heterocycles. The third kappa shape index (κ3) is 3.58. The number of benzene rings is 1. The van der Waals surface area contributed by atoms with Gasteiger partial charge in [0.05, 0.1) is 11.1 Å². The fourth-order valence-corrected chi connectivity index (χ4v) is 4.41. The summed E-state index contributed by atoms with van der Waals surface area (Å²) in [5.74, 6) is 1.34. The SMILES string of the molecule is Cc1ccc(S(=O)(=O)N2CCc3onc(COc4cccnc4)c3C2)cc1. The molecule has 1 aliphatic rings. The quantitative estimate of drug-likeness (QED) is 0.671. The van der Waals surface area contributed by atoms with E-state index in [1.165, 1.54) is 4.31 Å². The Morgan fingerprint density at radius 3 is 2.78 bits per heavy atom. The van der Waals surface area contributed by atoms with Gasteiger partial charge in [-0.05, 0) is 31.2 Å². The van der Waals surface area contributed by atoms with Crippen LogP contribution < -0.4 is 4.74 Å². The molecular weight excluding hydrogens is 366 g/mol. The number of hydrogen-bond donors (Lipinski definition) is 0. The first-order chi connectivity index (χ1) is 13.0. The summed E-state index contributed by atoms with van der Waals surface area (Å²) in [4.78, 5) is 4.29. The van der Waals surface area contributed by atoms with Crippen LogP contribution in [0, 0.1) is 6.92 Å². The number of sulfonamides is 1. The molecule has 0 saturated carbocycles. The third-order valence-corrected chi connectivity index (χ3v) is 6.40. The van der Waals surface area contributed by atoms with E-state index in [2.05, 4.69) is 10.1 Å². The molecule has 8 heteroatoms. The van der Waals surface area contributed by atoms with E-state index in [-0.39, 0.29) is 13.2 Å². The summed E-state index contributed by atoms with van der Waals surface area (Å²) in [5.41, 5.74) is 2.40. The fraction of sp³-hybridized carbons (Fsp3) is 0.263. The van der Waals surface area contributed by atoms with Gasteiger partial charge in [-0.15, -0.1) is 0 Å². The molecule has 4 rings (SSSR count). The van der Waals surface area contributed by atoms with E-state index in [4.69, 9.17) is 9.26 Å². The lowest BCUT2D eigenvalue weighted by Crippen LogP contribution is -2.36. The number of nitrogens with zero attached hydrogens (tertiary/aromatic N) is 3. The van der Waals surface area contributed by atoms with Gasteiger partial charge >= 0.3 is 0 Å². The van der Waals surface area contributed by atoms with Crippen molar-refractivity contribution < 1.29 is 17.7 Å². The van der Waals surface area contributed by atoms with Gasteiger partial charge in [0.15, 0.2) is 0 Å². The van der Waals surface area contributed by atoms with Crippen LogP contribution in [0.3, 0.4) is 0 Å². The molecule has 0 fully saturated rings. The molecule has 3 heterocycles. The highest BCUT2D eigenvalue weighted by Crippen LogP contribution is 2.28. The van der Waals surface area contributed by atoms with Gasteiger partial charge in [0.1, 0.15) is 23.8 Å². The lowest BCUT2D eigenvalue weighted by atomic mass is 10.1. The molecule has 0 amide bonds. The van der Waals surface area contributed by atoms with Gasteiger partial charge in [-0.3, -0.25) is 4.98 Å². The van der Waals surface area contributed by atoms with Crippen LogP contribution in [-0.2, 0) is 29.6 Å². The van der Waals surface area contributed by atoms with E-state index in [1.807, 2.05) is 6.92 Å². The normalized spacial score (nSPS) is 14.7. The largest absolute Gasteiger partial charge is 0.486 e. The highest BCUT2D eigenvalue weighted by molar-refractivity contribution is 7.89. The second-order valence-electron chi connectivity index (χ2n) is 6.41. The van der Waals surface area contributed by atoms with Crippen LogP contribution in [-0.4, -0.2) is 29.4 Å². The van der Waals surface area contributed by atoms with Crippen molar-refractivity contribution in [3.8, 4) is 5.75 Å². The van der Waals surface area contributed by atoms with Crippen molar-refractivity contribution in [2.45, 2.75) is 31.4 Å². The molecule has 7 nitrogen and oxygen atoms in total. The molecule has 140 valence electrons. The zero-order chi connectivity index (χ0) is 18.9. The molecule has 27 heavy (non-hydrogen) atoms. The van der Waals surface area contributed by atoms with Crippen LogP contribution >= 0.6 is 0 Å². The zero-order valence-corrected chi connectivity index (χ0v) is 15.6. The van der Waals surface area contributed by atoms with E-state index in [0.717, 1.165) is 16.9 Å².